The highest BCUT2D eigenvalue weighted by Crippen LogP contribution is 2.44. The van der Waals surface area contributed by atoms with Crippen molar-refractivity contribution in [2.24, 2.45) is 23.7 Å². The van der Waals surface area contributed by atoms with Crippen molar-refractivity contribution in [3.63, 3.8) is 0 Å². The zero-order valence-corrected chi connectivity index (χ0v) is 16.8. The van der Waals surface area contributed by atoms with E-state index in [1.807, 2.05) is 13.8 Å². The van der Waals surface area contributed by atoms with Crippen molar-refractivity contribution >= 4 is 0 Å². The highest BCUT2D eigenvalue weighted by molar-refractivity contribution is 4.83. The minimum absolute atomic E-state index is 1.17. The predicted molar refractivity (Wildman–Crippen MR) is 110 cm³/mol. The Hall–Kier alpha value is -0.520. The van der Waals surface area contributed by atoms with Gasteiger partial charge in [-0.05, 0) is 50.4 Å². The zero-order chi connectivity index (χ0) is 17.6. The molecule has 0 heterocycles. The molecule has 0 amide bonds. The highest BCUT2D eigenvalue weighted by Gasteiger charge is 2.31. The lowest BCUT2D eigenvalue weighted by Gasteiger charge is -2.05. The van der Waals surface area contributed by atoms with Gasteiger partial charge in [0.1, 0.15) is 0 Å². The van der Waals surface area contributed by atoms with Gasteiger partial charge < -0.3 is 0 Å². The lowest BCUT2D eigenvalue weighted by molar-refractivity contribution is 0.480. The second-order valence-electron chi connectivity index (χ2n) is 8.48. The average Bonchev–Trinajstić information content (AvgIpc) is 3.31. The SMILES string of the molecule is C1CC2CCC1C2.C1CC2CCC1C2.C1CCC1.C=CC.C=CC. The van der Waals surface area contributed by atoms with Crippen molar-refractivity contribution in [1.82, 2.24) is 0 Å². The number of hydrogen-bond donors (Lipinski definition) is 0. The van der Waals surface area contributed by atoms with E-state index in [4.69, 9.17) is 0 Å². The molecular formula is C24H44. The van der Waals surface area contributed by atoms with Crippen molar-refractivity contribution in [2.45, 2.75) is 104 Å². The molecule has 0 radical (unpaired) electrons. The molecule has 0 N–H and O–H groups in total. The van der Waals surface area contributed by atoms with Crippen LogP contribution in [0, 0.1) is 23.7 Å². The van der Waals surface area contributed by atoms with Crippen LogP contribution >= 0.6 is 0 Å². The van der Waals surface area contributed by atoms with E-state index in [2.05, 4.69) is 13.2 Å². The van der Waals surface area contributed by atoms with Crippen LogP contribution < -0.4 is 0 Å². The predicted octanol–water partition coefficient (Wildman–Crippen LogP) is 8.34. The van der Waals surface area contributed by atoms with E-state index in [1.54, 1.807) is 76.4 Å². The summed E-state index contributed by atoms with van der Waals surface area (Å²) >= 11 is 0. The first kappa shape index (κ1) is 21.5. The molecular weight excluding hydrogens is 288 g/mol. The summed E-state index contributed by atoms with van der Waals surface area (Å²) in [7, 11) is 0. The molecule has 0 atom stereocenters. The minimum Gasteiger partial charge on any atom is -0.103 e. The van der Waals surface area contributed by atoms with E-state index in [1.165, 1.54) is 49.4 Å². The van der Waals surface area contributed by atoms with Crippen molar-refractivity contribution in [3.05, 3.63) is 25.3 Å². The van der Waals surface area contributed by atoms with Gasteiger partial charge in [0.25, 0.3) is 0 Å². The van der Waals surface area contributed by atoms with Crippen LogP contribution in [0.5, 0.6) is 0 Å². The van der Waals surface area contributed by atoms with Gasteiger partial charge in [0.05, 0.1) is 0 Å². The molecule has 5 fully saturated rings. The third-order valence-corrected chi connectivity index (χ3v) is 6.27. The van der Waals surface area contributed by atoms with Gasteiger partial charge in [0.2, 0.25) is 0 Å². The Balaban J connectivity index is 0.000000160. The molecule has 0 unspecified atom stereocenters. The average molecular weight is 333 g/mol. The Bertz CT molecular complexity index is 244. The van der Waals surface area contributed by atoms with Gasteiger partial charge in [0, 0.05) is 0 Å². The van der Waals surface area contributed by atoms with Gasteiger partial charge in [0.15, 0.2) is 0 Å². The number of hydrogen-bond acceptors (Lipinski definition) is 0. The summed E-state index contributed by atoms with van der Waals surface area (Å²) in [6.45, 7) is 10.5. The van der Waals surface area contributed by atoms with Crippen LogP contribution in [0.1, 0.15) is 104 Å². The third kappa shape index (κ3) is 9.09. The molecule has 140 valence electrons. The molecule has 0 aliphatic heterocycles. The third-order valence-electron chi connectivity index (χ3n) is 6.27. The first-order chi connectivity index (χ1) is 11.7. The summed E-state index contributed by atoms with van der Waals surface area (Å²) in [5, 5.41) is 0. The Morgan fingerprint density at radius 3 is 0.708 bits per heavy atom. The van der Waals surface area contributed by atoms with E-state index >= 15 is 0 Å². The molecule has 0 aromatic rings. The molecule has 24 heavy (non-hydrogen) atoms. The highest BCUT2D eigenvalue weighted by atomic mass is 14.4. The Morgan fingerprint density at radius 2 is 0.667 bits per heavy atom. The second-order valence-corrected chi connectivity index (χ2v) is 8.48. The van der Waals surface area contributed by atoms with Gasteiger partial charge >= 0.3 is 0 Å². The zero-order valence-electron chi connectivity index (χ0n) is 16.8. The first-order valence-corrected chi connectivity index (χ1v) is 10.9. The van der Waals surface area contributed by atoms with E-state index < -0.39 is 0 Å². The van der Waals surface area contributed by atoms with Crippen molar-refractivity contribution in [1.29, 1.82) is 0 Å². The fourth-order valence-corrected chi connectivity index (χ4v) is 4.60. The second kappa shape index (κ2) is 13.7. The summed E-state index contributed by atoms with van der Waals surface area (Å²) in [5.74, 6) is 4.69. The maximum atomic E-state index is 3.36. The molecule has 5 saturated carbocycles. The summed E-state index contributed by atoms with van der Waals surface area (Å²) in [6.07, 6.45) is 25.1. The van der Waals surface area contributed by atoms with Crippen LogP contribution in [-0.4, -0.2) is 0 Å². The molecule has 0 aromatic heterocycles. The summed E-state index contributed by atoms with van der Waals surface area (Å²) in [5.41, 5.74) is 0. The normalized spacial score (nSPS) is 33.1. The van der Waals surface area contributed by atoms with E-state index in [-0.39, 0.29) is 0 Å². The number of rotatable bonds is 0. The Labute approximate surface area is 153 Å². The largest absolute Gasteiger partial charge is 0.103 e. The molecule has 5 aliphatic carbocycles. The standard InChI is InChI=1S/2C7H12.C4H8.2C3H6/c2*1-2-7-4-3-6(1)5-7;1-2-4-3-1;2*1-3-2/h2*6-7H,1-5H2;1-4H2;2*3H,1H2,2H3. The van der Waals surface area contributed by atoms with Gasteiger partial charge in [-0.2, -0.15) is 0 Å². The quantitative estimate of drug-likeness (QED) is 0.391. The van der Waals surface area contributed by atoms with Crippen LogP contribution in [0.25, 0.3) is 0 Å². The number of allylic oxidation sites excluding steroid dienone is 2. The molecule has 4 bridgehead atoms. The van der Waals surface area contributed by atoms with Crippen LogP contribution in [0.15, 0.2) is 25.3 Å². The van der Waals surface area contributed by atoms with E-state index in [0.29, 0.717) is 0 Å². The van der Waals surface area contributed by atoms with Gasteiger partial charge in [-0.25, -0.2) is 0 Å². The maximum Gasteiger partial charge on any atom is -0.0411 e. The molecule has 0 aromatic carbocycles. The molecule has 5 aliphatic rings. The van der Waals surface area contributed by atoms with Crippen LogP contribution in [0.2, 0.25) is 0 Å². The molecule has 0 saturated heterocycles. The van der Waals surface area contributed by atoms with Crippen LogP contribution in [0.4, 0.5) is 0 Å². The van der Waals surface area contributed by atoms with Gasteiger partial charge in [-0.3, -0.25) is 0 Å². The van der Waals surface area contributed by atoms with Gasteiger partial charge in [-0.15, -0.1) is 13.2 Å². The fourth-order valence-electron chi connectivity index (χ4n) is 4.60. The summed E-state index contributed by atoms with van der Waals surface area (Å²) < 4.78 is 0. The van der Waals surface area contributed by atoms with Crippen molar-refractivity contribution in [2.75, 3.05) is 0 Å². The van der Waals surface area contributed by atoms with Crippen LogP contribution in [-0.2, 0) is 0 Å². The first-order valence-electron chi connectivity index (χ1n) is 10.9. The van der Waals surface area contributed by atoms with Crippen LogP contribution in [0.3, 0.4) is 0 Å². The number of fused-ring (bicyclic) bond motifs is 4. The fraction of sp³-hybridized carbons (Fsp3) is 0.833. The molecule has 5 rings (SSSR count). The summed E-state index contributed by atoms with van der Waals surface area (Å²) in [6, 6.07) is 0. The molecule has 0 spiro atoms. The van der Waals surface area contributed by atoms with Crippen molar-refractivity contribution in [3.8, 4) is 0 Å². The maximum absolute atomic E-state index is 3.36. The van der Waals surface area contributed by atoms with Crippen molar-refractivity contribution < 1.29 is 0 Å². The summed E-state index contributed by atoms with van der Waals surface area (Å²) in [4.78, 5) is 0. The smallest absolute Gasteiger partial charge is 0.0411 e. The van der Waals surface area contributed by atoms with E-state index in [9.17, 15) is 0 Å². The molecule has 0 heteroatoms. The van der Waals surface area contributed by atoms with E-state index in [0.717, 1.165) is 0 Å². The van der Waals surface area contributed by atoms with Gasteiger partial charge in [-0.1, -0.05) is 89.2 Å². The Morgan fingerprint density at radius 1 is 0.500 bits per heavy atom. The lowest BCUT2D eigenvalue weighted by atomic mass is 10.0. The topological polar surface area (TPSA) is 0 Å². The minimum atomic E-state index is 1.17. The Kier molecular flexibility index (Phi) is 12.3. The molecule has 0 nitrogen and oxygen atoms in total. The lowest BCUT2D eigenvalue weighted by Crippen LogP contribution is -1.90. The monoisotopic (exact) mass is 332 g/mol.